The molecular weight excluding hydrogens is 445 g/mol. The summed E-state index contributed by atoms with van der Waals surface area (Å²) in [5, 5.41) is 0. The van der Waals surface area contributed by atoms with Crippen LogP contribution in [0.2, 0.25) is 0 Å². The molecule has 0 radical (unpaired) electrons. The Morgan fingerprint density at radius 3 is 2.66 bits per heavy atom. The molecule has 1 atom stereocenters. The number of alkyl halides is 3. The van der Waals surface area contributed by atoms with E-state index < -0.39 is 23.1 Å². The van der Waals surface area contributed by atoms with Crippen molar-refractivity contribution in [1.82, 2.24) is 0 Å². The van der Waals surface area contributed by atoms with Gasteiger partial charge in [-0.25, -0.2) is 4.21 Å². The van der Waals surface area contributed by atoms with Crippen molar-refractivity contribution in [3.05, 3.63) is 54.1 Å². The van der Waals surface area contributed by atoms with E-state index >= 15 is 0 Å². The molecule has 0 aromatic heterocycles. The van der Waals surface area contributed by atoms with E-state index in [-0.39, 0.29) is 16.4 Å². The molecule has 0 bridgehead atoms. The number of halogens is 3. The number of carbonyl (C=O) groups is 1. The van der Waals surface area contributed by atoms with Gasteiger partial charge < -0.3 is 9.46 Å². The molecule has 11 heteroatoms. The molecule has 0 aliphatic carbocycles. The van der Waals surface area contributed by atoms with Gasteiger partial charge in [-0.1, -0.05) is 35.7 Å². The molecule has 5 nitrogen and oxygen atoms in total. The number of carbonyl (C=O) groups excluding carboxylic acids is 1. The lowest BCUT2D eigenvalue weighted by atomic mass is 10.1. The topological polar surface area (TPSA) is 67.8 Å². The van der Waals surface area contributed by atoms with Crippen molar-refractivity contribution in [2.45, 2.75) is 11.3 Å². The molecule has 3 rings (SSSR count). The van der Waals surface area contributed by atoms with Gasteiger partial charge in [0.2, 0.25) is 0 Å². The summed E-state index contributed by atoms with van der Waals surface area (Å²) in [5.74, 6) is 0.728. The molecule has 29 heavy (non-hydrogen) atoms. The first-order valence-electron chi connectivity index (χ1n) is 8.28. The molecular formula is C18H15F3N2O3S3. The molecule has 0 amide bonds. The fourth-order valence-electron chi connectivity index (χ4n) is 2.30. The summed E-state index contributed by atoms with van der Waals surface area (Å²) < 4.78 is 56.5. The SMILES string of the molecule is O=C(CSC1=NCCS1)c1cccc(NS(=O)c2ccc(OC(F)(F)F)cc2)c1. The standard InChI is InChI=1S/C18H15F3N2O3S3/c19-18(20,21)26-14-4-6-15(7-5-14)29(25)23-13-3-1-2-12(10-13)16(24)11-28-17-22-8-9-27-17/h1-7,10,23H,8-9,11H2. The van der Waals surface area contributed by atoms with Crippen molar-refractivity contribution in [3.8, 4) is 5.75 Å². The molecule has 2 aromatic rings. The number of thioether (sulfide) groups is 2. The van der Waals surface area contributed by atoms with Crippen LogP contribution in [-0.2, 0) is 11.0 Å². The van der Waals surface area contributed by atoms with Crippen molar-refractivity contribution in [3.63, 3.8) is 0 Å². The van der Waals surface area contributed by atoms with Crippen molar-refractivity contribution >= 4 is 50.4 Å². The van der Waals surface area contributed by atoms with Crippen LogP contribution in [0.4, 0.5) is 18.9 Å². The summed E-state index contributed by atoms with van der Waals surface area (Å²) in [5.41, 5.74) is 0.930. The highest BCUT2D eigenvalue weighted by atomic mass is 32.2. The van der Waals surface area contributed by atoms with E-state index in [4.69, 9.17) is 0 Å². The Labute approximate surface area is 176 Å². The zero-order valence-corrected chi connectivity index (χ0v) is 17.2. The lowest BCUT2D eigenvalue weighted by Crippen LogP contribution is -2.17. The first-order chi connectivity index (χ1) is 13.8. The summed E-state index contributed by atoms with van der Waals surface area (Å²) in [6.45, 7) is 0.774. The molecule has 0 fully saturated rings. The largest absolute Gasteiger partial charge is 0.573 e. The van der Waals surface area contributed by atoms with Crippen molar-refractivity contribution in [2.24, 2.45) is 4.99 Å². The average Bonchev–Trinajstić information content (AvgIpc) is 3.19. The summed E-state index contributed by atoms with van der Waals surface area (Å²) in [6.07, 6.45) is -4.78. The second-order valence-corrected chi connectivity index (χ2v) is 9.20. The number of nitrogens with zero attached hydrogens (tertiary/aromatic N) is 1. The van der Waals surface area contributed by atoms with Crippen LogP contribution in [0.5, 0.6) is 5.75 Å². The van der Waals surface area contributed by atoms with Crippen molar-refractivity contribution in [2.75, 3.05) is 22.8 Å². The smallest absolute Gasteiger partial charge is 0.406 e. The van der Waals surface area contributed by atoms with Crippen LogP contribution in [0.3, 0.4) is 0 Å². The van der Waals surface area contributed by atoms with Crippen LogP contribution in [-0.4, -0.2) is 38.8 Å². The van der Waals surface area contributed by atoms with Gasteiger partial charge in [-0.3, -0.25) is 9.79 Å². The van der Waals surface area contributed by atoms with E-state index in [1.54, 1.807) is 36.0 Å². The summed E-state index contributed by atoms with van der Waals surface area (Å²) >= 11 is 3.03. The summed E-state index contributed by atoms with van der Waals surface area (Å²) in [4.78, 5) is 16.9. The third-order valence-corrected chi connectivity index (χ3v) is 6.92. The lowest BCUT2D eigenvalue weighted by molar-refractivity contribution is -0.274. The highest BCUT2D eigenvalue weighted by Gasteiger charge is 2.31. The number of hydrogen-bond acceptors (Lipinski definition) is 6. The molecule has 1 N–H and O–H groups in total. The minimum atomic E-state index is -4.78. The Morgan fingerprint density at radius 2 is 2.00 bits per heavy atom. The number of rotatable bonds is 7. The Hall–Kier alpha value is -1.98. The maximum atomic E-state index is 12.4. The Balaban J connectivity index is 1.60. The fourth-order valence-corrected chi connectivity index (χ4v) is 5.05. The number of ketones is 1. The Morgan fingerprint density at radius 1 is 1.24 bits per heavy atom. The van der Waals surface area contributed by atoms with E-state index in [1.807, 2.05) is 0 Å². The van der Waals surface area contributed by atoms with Crippen LogP contribution >= 0.6 is 23.5 Å². The highest BCUT2D eigenvalue weighted by Crippen LogP contribution is 2.25. The number of hydrogen-bond donors (Lipinski definition) is 1. The number of anilines is 1. The molecule has 0 spiro atoms. The van der Waals surface area contributed by atoms with E-state index in [0.29, 0.717) is 11.3 Å². The third kappa shape index (κ3) is 6.79. The molecule has 1 aliphatic heterocycles. The van der Waals surface area contributed by atoms with E-state index in [0.717, 1.165) is 28.8 Å². The molecule has 1 heterocycles. The minimum Gasteiger partial charge on any atom is -0.406 e. The van der Waals surface area contributed by atoms with Gasteiger partial charge in [-0.2, -0.15) is 0 Å². The number of Topliss-reactive ketones (excluding diaryl/α,β-unsaturated/α-hetero) is 1. The van der Waals surface area contributed by atoms with Crippen LogP contribution in [0.15, 0.2) is 58.4 Å². The zero-order valence-electron chi connectivity index (χ0n) is 14.8. The molecule has 154 valence electrons. The molecule has 2 aromatic carbocycles. The number of benzene rings is 2. The quantitative estimate of drug-likeness (QED) is 0.605. The molecule has 1 unspecified atom stereocenters. The normalized spacial score (nSPS) is 14.9. The maximum Gasteiger partial charge on any atom is 0.573 e. The van der Waals surface area contributed by atoms with Gasteiger partial charge in [0.05, 0.1) is 17.2 Å². The predicted octanol–water partition coefficient (Wildman–Crippen LogP) is 4.74. The van der Waals surface area contributed by atoms with E-state index in [1.165, 1.54) is 23.9 Å². The van der Waals surface area contributed by atoms with Gasteiger partial charge in [0.1, 0.15) is 21.1 Å². The van der Waals surface area contributed by atoms with Crippen LogP contribution in [0.25, 0.3) is 0 Å². The first kappa shape index (κ1) is 21.7. The third-order valence-electron chi connectivity index (χ3n) is 3.55. The number of ether oxygens (including phenoxy) is 1. The van der Waals surface area contributed by atoms with Crippen LogP contribution in [0.1, 0.15) is 10.4 Å². The van der Waals surface area contributed by atoms with Crippen molar-refractivity contribution in [1.29, 1.82) is 0 Å². The second-order valence-electron chi connectivity index (χ2n) is 5.68. The van der Waals surface area contributed by atoms with Gasteiger partial charge in [0, 0.05) is 17.0 Å². The van der Waals surface area contributed by atoms with Gasteiger partial charge >= 0.3 is 6.36 Å². The van der Waals surface area contributed by atoms with Crippen molar-refractivity contribution < 1.29 is 26.9 Å². The van der Waals surface area contributed by atoms with Gasteiger partial charge in [0.15, 0.2) is 5.78 Å². The minimum absolute atomic E-state index is 0.0757. The van der Waals surface area contributed by atoms with Gasteiger partial charge in [0.25, 0.3) is 0 Å². The fraction of sp³-hybridized carbons (Fsp3) is 0.222. The monoisotopic (exact) mass is 460 g/mol. The van der Waals surface area contributed by atoms with Crippen LogP contribution < -0.4 is 9.46 Å². The molecule has 0 saturated carbocycles. The second kappa shape index (κ2) is 9.68. The summed E-state index contributed by atoms with van der Waals surface area (Å²) in [6, 6.07) is 11.3. The molecule has 1 aliphatic rings. The average molecular weight is 461 g/mol. The van der Waals surface area contributed by atoms with Gasteiger partial charge in [-0.15, -0.1) is 13.2 Å². The summed E-state index contributed by atoms with van der Waals surface area (Å²) in [7, 11) is -1.72. The zero-order chi connectivity index (χ0) is 20.9. The maximum absolute atomic E-state index is 12.4. The number of nitrogens with one attached hydrogen (secondary N) is 1. The van der Waals surface area contributed by atoms with Gasteiger partial charge in [-0.05, 0) is 36.4 Å². The Bertz CT molecular complexity index is 934. The van der Waals surface area contributed by atoms with Crippen LogP contribution in [0, 0.1) is 0 Å². The number of aliphatic imine (C=N–C) groups is 1. The van der Waals surface area contributed by atoms with E-state index in [9.17, 15) is 22.2 Å². The first-order valence-corrected chi connectivity index (χ1v) is 11.4. The highest BCUT2D eigenvalue weighted by molar-refractivity contribution is 8.39. The lowest BCUT2D eigenvalue weighted by Gasteiger charge is -2.10. The molecule has 0 saturated heterocycles. The van der Waals surface area contributed by atoms with E-state index in [2.05, 4.69) is 14.5 Å². The predicted molar refractivity (Wildman–Crippen MR) is 111 cm³/mol. The Kier molecular flexibility index (Phi) is 7.25.